The van der Waals surface area contributed by atoms with E-state index < -0.39 is 0 Å². The van der Waals surface area contributed by atoms with Gasteiger partial charge in [-0.1, -0.05) is 0 Å². The van der Waals surface area contributed by atoms with Crippen LogP contribution in [0, 0.1) is 0 Å². The molecule has 1 atom stereocenters. The van der Waals surface area contributed by atoms with Crippen LogP contribution in [0.25, 0.3) is 10.9 Å². The number of rotatable bonds is 4. The summed E-state index contributed by atoms with van der Waals surface area (Å²) in [7, 11) is 1.66. The molecule has 0 bridgehead atoms. The highest BCUT2D eigenvalue weighted by Crippen LogP contribution is 2.28. The molecule has 1 aliphatic carbocycles. The molecule has 2 aliphatic rings. The number of methoxy groups -OCH3 is 1. The second-order valence-electron chi connectivity index (χ2n) is 6.36. The van der Waals surface area contributed by atoms with Gasteiger partial charge in [-0.15, -0.1) is 0 Å². The van der Waals surface area contributed by atoms with E-state index in [1.165, 1.54) is 0 Å². The summed E-state index contributed by atoms with van der Waals surface area (Å²) in [5.41, 5.74) is 0.927. The number of hydrogen-bond donors (Lipinski definition) is 1. The standard InChI is InChI=1S/C18H21N3O2/c1-23-14-7-8-15-12(11-14)4-9-17(20-15)21-10-2-3-16(21)18(22)19-13-5-6-13/h4,7-9,11,13,16H,2-3,5-6,10H2,1H3,(H,19,22). The number of carbonyl (C=O) groups is 1. The van der Waals surface area contributed by atoms with Crippen molar-refractivity contribution in [3.05, 3.63) is 30.3 Å². The van der Waals surface area contributed by atoms with Crippen molar-refractivity contribution in [2.75, 3.05) is 18.6 Å². The Morgan fingerprint density at radius 3 is 2.91 bits per heavy atom. The van der Waals surface area contributed by atoms with Crippen LogP contribution >= 0.6 is 0 Å². The summed E-state index contributed by atoms with van der Waals surface area (Å²) in [6.45, 7) is 0.886. The molecule has 1 saturated heterocycles. The van der Waals surface area contributed by atoms with Gasteiger partial charge in [-0.05, 0) is 56.0 Å². The van der Waals surface area contributed by atoms with E-state index in [1.807, 2.05) is 30.3 Å². The predicted molar refractivity (Wildman–Crippen MR) is 89.8 cm³/mol. The Labute approximate surface area is 135 Å². The Balaban J connectivity index is 1.60. The number of hydrogen-bond acceptors (Lipinski definition) is 4. The van der Waals surface area contributed by atoms with Crippen LogP contribution in [0.3, 0.4) is 0 Å². The fraction of sp³-hybridized carbons (Fsp3) is 0.444. The molecule has 0 spiro atoms. The molecule has 5 nitrogen and oxygen atoms in total. The van der Waals surface area contributed by atoms with Crippen molar-refractivity contribution in [3.8, 4) is 5.75 Å². The Bertz CT molecular complexity index is 742. The quantitative estimate of drug-likeness (QED) is 0.942. The molecule has 120 valence electrons. The van der Waals surface area contributed by atoms with Gasteiger partial charge >= 0.3 is 0 Å². The van der Waals surface area contributed by atoms with Gasteiger partial charge in [0.05, 0.1) is 12.6 Å². The smallest absolute Gasteiger partial charge is 0.242 e. The topological polar surface area (TPSA) is 54.5 Å². The number of fused-ring (bicyclic) bond motifs is 1. The van der Waals surface area contributed by atoms with Crippen molar-refractivity contribution in [1.29, 1.82) is 0 Å². The van der Waals surface area contributed by atoms with Crippen LogP contribution in [0.4, 0.5) is 5.82 Å². The van der Waals surface area contributed by atoms with Gasteiger partial charge in [-0.2, -0.15) is 0 Å². The maximum absolute atomic E-state index is 12.4. The summed E-state index contributed by atoms with van der Waals surface area (Å²) < 4.78 is 5.25. The number of pyridine rings is 1. The normalized spacial score (nSPS) is 20.7. The van der Waals surface area contributed by atoms with Crippen molar-refractivity contribution in [2.45, 2.75) is 37.8 Å². The van der Waals surface area contributed by atoms with E-state index in [9.17, 15) is 4.79 Å². The van der Waals surface area contributed by atoms with Crippen molar-refractivity contribution < 1.29 is 9.53 Å². The van der Waals surface area contributed by atoms with Crippen LogP contribution in [-0.2, 0) is 4.79 Å². The van der Waals surface area contributed by atoms with E-state index in [2.05, 4.69) is 10.2 Å². The second-order valence-corrected chi connectivity index (χ2v) is 6.36. The molecule has 1 aliphatic heterocycles. The lowest BCUT2D eigenvalue weighted by Gasteiger charge is -2.25. The summed E-state index contributed by atoms with van der Waals surface area (Å²) in [5, 5.41) is 4.17. The molecule has 1 aromatic heterocycles. The molecule has 2 heterocycles. The molecule has 0 radical (unpaired) electrons. The fourth-order valence-electron chi connectivity index (χ4n) is 3.22. The van der Waals surface area contributed by atoms with Crippen molar-refractivity contribution in [1.82, 2.24) is 10.3 Å². The largest absolute Gasteiger partial charge is 0.497 e. The molecular weight excluding hydrogens is 290 g/mol. The third kappa shape index (κ3) is 2.83. The van der Waals surface area contributed by atoms with E-state index in [1.54, 1.807) is 7.11 Å². The lowest BCUT2D eigenvalue weighted by molar-refractivity contribution is -0.122. The third-order valence-corrected chi connectivity index (χ3v) is 4.66. The second kappa shape index (κ2) is 5.72. The zero-order valence-electron chi connectivity index (χ0n) is 13.3. The summed E-state index contributed by atoms with van der Waals surface area (Å²) in [4.78, 5) is 19.3. The van der Waals surface area contributed by atoms with Crippen LogP contribution in [0.15, 0.2) is 30.3 Å². The number of anilines is 1. The van der Waals surface area contributed by atoms with Crippen molar-refractivity contribution in [3.63, 3.8) is 0 Å². The van der Waals surface area contributed by atoms with Gasteiger partial charge in [-0.25, -0.2) is 4.98 Å². The highest BCUT2D eigenvalue weighted by atomic mass is 16.5. The summed E-state index contributed by atoms with van der Waals surface area (Å²) in [6.07, 6.45) is 4.18. The van der Waals surface area contributed by atoms with Gasteiger partial charge in [0.25, 0.3) is 0 Å². The molecule has 2 aromatic rings. The Morgan fingerprint density at radius 2 is 2.13 bits per heavy atom. The van der Waals surface area contributed by atoms with Gasteiger partial charge in [0.15, 0.2) is 0 Å². The van der Waals surface area contributed by atoms with E-state index in [-0.39, 0.29) is 11.9 Å². The zero-order valence-corrected chi connectivity index (χ0v) is 13.3. The Kier molecular flexibility index (Phi) is 3.56. The molecule has 23 heavy (non-hydrogen) atoms. The number of ether oxygens (including phenoxy) is 1. The SMILES string of the molecule is COc1ccc2nc(N3CCCC3C(=O)NC3CC3)ccc2c1. The monoisotopic (exact) mass is 311 g/mol. The molecule has 2 fully saturated rings. The minimum atomic E-state index is -0.0844. The van der Waals surface area contributed by atoms with E-state index in [4.69, 9.17) is 9.72 Å². The summed E-state index contributed by atoms with van der Waals surface area (Å²) >= 11 is 0. The molecule has 1 saturated carbocycles. The molecule has 4 rings (SSSR count). The van der Waals surface area contributed by atoms with Gasteiger partial charge < -0.3 is 15.0 Å². The number of amides is 1. The average molecular weight is 311 g/mol. The van der Waals surface area contributed by atoms with E-state index in [0.29, 0.717) is 6.04 Å². The first kappa shape index (κ1) is 14.3. The highest BCUT2D eigenvalue weighted by molar-refractivity contribution is 5.87. The van der Waals surface area contributed by atoms with Gasteiger partial charge in [0, 0.05) is 18.0 Å². The minimum Gasteiger partial charge on any atom is -0.497 e. The maximum atomic E-state index is 12.4. The third-order valence-electron chi connectivity index (χ3n) is 4.66. The van der Waals surface area contributed by atoms with E-state index >= 15 is 0 Å². The summed E-state index contributed by atoms with van der Waals surface area (Å²) in [6, 6.07) is 10.2. The summed E-state index contributed by atoms with van der Waals surface area (Å²) in [5.74, 6) is 1.87. The van der Waals surface area contributed by atoms with Crippen LogP contribution in [0.5, 0.6) is 5.75 Å². The predicted octanol–water partition coefficient (Wildman–Crippen LogP) is 2.49. The number of benzene rings is 1. The number of aromatic nitrogens is 1. The molecule has 1 N–H and O–H groups in total. The van der Waals surface area contributed by atoms with Gasteiger partial charge in [0.1, 0.15) is 17.6 Å². The Hall–Kier alpha value is -2.30. The molecular formula is C18H21N3O2. The van der Waals surface area contributed by atoms with Crippen LogP contribution in [0.1, 0.15) is 25.7 Å². The average Bonchev–Trinajstić information content (AvgIpc) is 3.25. The molecule has 1 amide bonds. The first-order valence-electron chi connectivity index (χ1n) is 8.26. The highest BCUT2D eigenvalue weighted by Gasteiger charge is 2.34. The van der Waals surface area contributed by atoms with Crippen LogP contribution in [0.2, 0.25) is 0 Å². The van der Waals surface area contributed by atoms with E-state index in [0.717, 1.165) is 54.7 Å². The first-order valence-corrected chi connectivity index (χ1v) is 8.26. The van der Waals surface area contributed by atoms with Gasteiger partial charge in [-0.3, -0.25) is 4.79 Å². The molecule has 5 heteroatoms. The van der Waals surface area contributed by atoms with Crippen molar-refractivity contribution >= 4 is 22.6 Å². The lowest BCUT2D eigenvalue weighted by atomic mass is 10.2. The zero-order chi connectivity index (χ0) is 15.8. The first-order chi connectivity index (χ1) is 11.2. The van der Waals surface area contributed by atoms with Crippen LogP contribution in [-0.4, -0.2) is 36.6 Å². The number of nitrogens with zero attached hydrogens (tertiary/aromatic N) is 2. The molecule has 1 aromatic carbocycles. The minimum absolute atomic E-state index is 0.0844. The number of carbonyl (C=O) groups excluding carboxylic acids is 1. The fourth-order valence-corrected chi connectivity index (χ4v) is 3.22. The molecule has 1 unspecified atom stereocenters. The Morgan fingerprint density at radius 1 is 1.26 bits per heavy atom. The van der Waals surface area contributed by atoms with Crippen LogP contribution < -0.4 is 15.0 Å². The van der Waals surface area contributed by atoms with Crippen molar-refractivity contribution in [2.24, 2.45) is 0 Å². The maximum Gasteiger partial charge on any atom is 0.242 e. The number of nitrogens with one attached hydrogen (secondary N) is 1. The lowest BCUT2D eigenvalue weighted by Crippen LogP contribution is -2.44. The van der Waals surface area contributed by atoms with Gasteiger partial charge in [0.2, 0.25) is 5.91 Å².